The van der Waals surface area contributed by atoms with E-state index in [1.807, 2.05) is 0 Å². The van der Waals surface area contributed by atoms with Gasteiger partial charge in [-0.3, -0.25) is 0 Å². The first-order chi connectivity index (χ1) is 11.3. The quantitative estimate of drug-likeness (QED) is 0.162. The third-order valence-electron chi connectivity index (χ3n) is 4.74. The molecule has 0 saturated heterocycles. The molecule has 0 N–H and O–H groups in total. The van der Waals surface area contributed by atoms with Crippen LogP contribution in [0.3, 0.4) is 0 Å². The van der Waals surface area contributed by atoms with Gasteiger partial charge in [-0.15, -0.1) is 0 Å². The van der Waals surface area contributed by atoms with Crippen molar-refractivity contribution in [1.29, 1.82) is 0 Å². The van der Waals surface area contributed by atoms with E-state index >= 15 is 0 Å². The van der Waals surface area contributed by atoms with Gasteiger partial charge in [0.15, 0.2) is 0 Å². The zero-order chi connectivity index (χ0) is 17.0. The Morgan fingerprint density at radius 2 is 0.696 bits per heavy atom. The summed E-state index contributed by atoms with van der Waals surface area (Å²) in [4.78, 5) is 2.30. The van der Waals surface area contributed by atoms with Crippen molar-refractivity contribution in [2.24, 2.45) is 0 Å². The second kappa shape index (κ2) is 20.5. The van der Waals surface area contributed by atoms with E-state index in [0.717, 1.165) is 0 Å². The number of nitrogens with zero attached hydrogens (tertiary/aromatic N) is 1. The zero-order valence-electron chi connectivity index (χ0n) is 16.3. The fourth-order valence-corrected chi connectivity index (χ4v) is 3.57. The number of hydrogen-bond donors (Lipinski definition) is 0. The molecular formula is C21H44BrN. The number of unbranched alkanes of at least 4 members (excludes halogenated alkanes) is 16. The Hall–Kier alpha value is 0.440. The Morgan fingerprint density at radius 3 is 0.957 bits per heavy atom. The predicted octanol–water partition coefficient (Wildman–Crippen LogP) is 7.57. The van der Waals surface area contributed by atoms with Gasteiger partial charge in [0.1, 0.15) is 0 Å². The molecule has 0 unspecified atom stereocenters. The first-order valence-electron chi connectivity index (χ1n) is 10.5. The minimum Gasteiger partial charge on any atom is -0.309 e. The summed E-state index contributed by atoms with van der Waals surface area (Å²) in [6, 6.07) is 0. The standard InChI is InChI=1S/C21H44BrN/c1-23(2)21-19-17-15-13-11-9-7-5-3-4-6-8-10-12-14-16-18-20-22/h3-21H2,1-2H3. The molecule has 23 heavy (non-hydrogen) atoms. The lowest BCUT2D eigenvalue weighted by molar-refractivity contribution is 0.389. The summed E-state index contributed by atoms with van der Waals surface area (Å²) < 4.78 is 0. The van der Waals surface area contributed by atoms with Crippen molar-refractivity contribution in [3.05, 3.63) is 0 Å². The number of hydrogen-bond acceptors (Lipinski definition) is 1. The van der Waals surface area contributed by atoms with E-state index in [1.165, 1.54) is 121 Å². The van der Waals surface area contributed by atoms with Crippen LogP contribution in [0, 0.1) is 0 Å². The van der Waals surface area contributed by atoms with Crippen molar-refractivity contribution in [3.8, 4) is 0 Å². The maximum atomic E-state index is 3.50. The Kier molecular flexibility index (Phi) is 20.9. The molecule has 0 aliphatic carbocycles. The van der Waals surface area contributed by atoms with E-state index in [9.17, 15) is 0 Å². The van der Waals surface area contributed by atoms with Crippen LogP contribution in [0.25, 0.3) is 0 Å². The van der Waals surface area contributed by atoms with Gasteiger partial charge < -0.3 is 4.90 Å². The lowest BCUT2D eigenvalue weighted by Gasteiger charge is -2.08. The third kappa shape index (κ3) is 22.4. The van der Waals surface area contributed by atoms with Gasteiger partial charge in [-0.2, -0.15) is 0 Å². The van der Waals surface area contributed by atoms with Crippen LogP contribution in [-0.2, 0) is 0 Å². The molecule has 0 radical (unpaired) electrons. The van der Waals surface area contributed by atoms with Crippen LogP contribution in [0.15, 0.2) is 0 Å². The van der Waals surface area contributed by atoms with Crippen LogP contribution in [0.2, 0.25) is 0 Å². The lowest BCUT2D eigenvalue weighted by Crippen LogP contribution is -2.12. The highest BCUT2D eigenvalue weighted by Crippen LogP contribution is 2.14. The van der Waals surface area contributed by atoms with Gasteiger partial charge >= 0.3 is 0 Å². The van der Waals surface area contributed by atoms with Gasteiger partial charge in [0.2, 0.25) is 0 Å². The first-order valence-corrected chi connectivity index (χ1v) is 11.6. The molecule has 0 atom stereocenters. The molecule has 0 amide bonds. The first kappa shape index (κ1) is 23.4. The van der Waals surface area contributed by atoms with Crippen LogP contribution in [0.4, 0.5) is 0 Å². The lowest BCUT2D eigenvalue weighted by atomic mass is 10.0. The summed E-state index contributed by atoms with van der Waals surface area (Å²) in [7, 11) is 4.35. The molecule has 0 aromatic heterocycles. The summed E-state index contributed by atoms with van der Waals surface area (Å²) in [5, 5.41) is 1.18. The molecule has 0 spiro atoms. The maximum Gasteiger partial charge on any atom is 0.00313 e. The minimum atomic E-state index is 1.18. The Bertz CT molecular complexity index is 206. The molecule has 0 saturated carbocycles. The molecule has 1 nitrogen and oxygen atoms in total. The second-order valence-corrected chi connectivity index (χ2v) is 8.30. The van der Waals surface area contributed by atoms with Crippen LogP contribution < -0.4 is 0 Å². The molecule has 0 heterocycles. The van der Waals surface area contributed by atoms with Crippen LogP contribution in [-0.4, -0.2) is 30.9 Å². The Balaban J connectivity index is 2.95. The van der Waals surface area contributed by atoms with Gasteiger partial charge in [0.25, 0.3) is 0 Å². The number of alkyl halides is 1. The highest BCUT2D eigenvalue weighted by Gasteiger charge is 1.95. The summed E-state index contributed by atoms with van der Waals surface area (Å²) >= 11 is 3.50. The predicted molar refractivity (Wildman–Crippen MR) is 111 cm³/mol. The fourth-order valence-electron chi connectivity index (χ4n) is 3.17. The van der Waals surface area contributed by atoms with E-state index in [4.69, 9.17) is 0 Å². The van der Waals surface area contributed by atoms with Crippen molar-refractivity contribution in [1.82, 2.24) is 4.90 Å². The SMILES string of the molecule is CN(C)CCCCCCCCCCCCCCCCCCCBr. The molecule has 0 aromatic carbocycles. The molecule has 0 aliphatic heterocycles. The van der Waals surface area contributed by atoms with E-state index in [0.29, 0.717) is 0 Å². The molecule has 140 valence electrons. The third-order valence-corrected chi connectivity index (χ3v) is 5.30. The van der Waals surface area contributed by atoms with E-state index in [-0.39, 0.29) is 0 Å². The monoisotopic (exact) mass is 389 g/mol. The molecule has 0 aliphatic rings. The second-order valence-electron chi connectivity index (χ2n) is 7.50. The van der Waals surface area contributed by atoms with Gasteiger partial charge in [0.05, 0.1) is 0 Å². The van der Waals surface area contributed by atoms with Gasteiger partial charge in [-0.05, 0) is 33.5 Å². The molecule has 0 bridgehead atoms. The minimum absolute atomic E-state index is 1.18. The summed E-state index contributed by atoms with van der Waals surface area (Å²) in [5.41, 5.74) is 0. The Labute approximate surface area is 156 Å². The van der Waals surface area contributed by atoms with Crippen LogP contribution in [0.5, 0.6) is 0 Å². The zero-order valence-corrected chi connectivity index (χ0v) is 17.8. The largest absolute Gasteiger partial charge is 0.309 e. The fraction of sp³-hybridized carbons (Fsp3) is 1.00. The normalized spacial score (nSPS) is 11.5. The van der Waals surface area contributed by atoms with Crippen molar-refractivity contribution in [2.75, 3.05) is 26.0 Å². The smallest absolute Gasteiger partial charge is 0.00313 e. The van der Waals surface area contributed by atoms with Crippen molar-refractivity contribution < 1.29 is 0 Å². The van der Waals surface area contributed by atoms with Crippen molar-refractivity contribution in [2.45, 2.75) is 109 Å². The molecule has 2 heteroatoms. The van der Waals surface area contributed by atoms with Gasteiger partial charge in [-0.1, -0.05) is 112 Å². The summed E-state index contributed by atoms with van der Waals surface area (Å²) in [6.07, 6.45) is 24.7. The van der Waals surface area contributed by atoms with E-state index in [2.05, 4.69) is 34.9 Å². The molecule has 0 aromatic rings. The highest BCUT2D eigenvalue weighted by atomic mass is 79.9. The topological polar surface area (TPSA) is 3.24 Å². The Morgan fingerprint density at radius 1 is 0.435 bits per heavy atom. The summed E-state index contributed by atoms with van der Waals surface area (Å²) in [5.74, 6) is 0. The number of rotatable bonds is 19. The average molecular weight is 390 g/mol. The van der Waals surface area contributed by atoms with E-state index < -0.39 is 0 Å². The molecule has 0 rings (SSSR count). The summed E-state index contributed by atoms with van der Waals surface area (Å²) in [6.45, 7) is 1.26. The van der Waals surface area contributed by atoms with E-state index in [1.54, 1.807) is 0 Å². The average Bonchev–Trinajstić information content (AvgIpc) is 2.53. The van der Waals surface area contributed by atoms with Crippen molar-refractivity contribution >= 4 is 15.9 Å². The van der Waals surface area contributed by atoms with Gasteiger partial charge in [-0.25, -0.2) is 0 Å². The number of halogens is 1. The van der Waals surface area contributed by atoms with Gasteiger partial charge in [0, 0.05) is 5.33 Å². The molecular weight excluding hydrogens is 346 g/mol. The van der Waals surface area contributed by atoms with Crippen LogP contribution >= 0.6 is 15.9 Å². The van der Waals surface area contributed by atoms with Crippen LogP contribution in [0.1, 0.15) is 109 Å². The maximum absolute atomic E-state index is 3.50. The highest BCUT2D eigenvalue weighted by molar-refractivity contribution is 9.09. The molecule has 0 fully saturated rings. The van der Waals surface area contributed by atoms with Crippen molar-refractivity contribution in [3.63, 3.8) is 0 Å².